The van der Waals surface area contributed by atoms with Gasteiger partial charge in [0.25, 0.3) is 5.91 Å². The van der Waals surface area contributed by atoms with Crippen LogP contribution in [0.5, 0.6) is 0 Å². The molecule has 0 aromatic carbocycles. The molecule has 2 aliphatic heterocycles. The Bertz CT molecular complexity index is 812. The molecule has 8 heteroatoms. The van der Waals surface area contributed by atoms with Gasteiger partial charge >= 0.3 is 0 Å². The summed E-state index contributed by atoms with van der Waals surface area (Å²) in [6, 6.07) is 1.58. The van der Waals surface area contributed by atoms with Crippen LogP contribution in [0.4, 0.5) is 0 Å². The highest BCUT2D eigenvalue weighted by Crippen LogP contribution is 2.24. The third-order valence-electron chi connectivity index (χ3n) is 5.10. The summed E-state index contributed by atoms with van der Waals surface area (Å²) in [5.74, 6) is -0.407. The minimum Gasteiger partial charge on any atom is -0.381 e. The van der Waals surface area contributed by atoms with Gasteiger partial charge in [0.05, 0.1) is 11.9 Å². The van der Waals surface area contributed by atoms with E-state index in [2.05, 4.69) is 25.2 Å². The number of carbonyl (C=O) groups is 2. The van der Waals surface area contributed by atoms with Gasteiger partial charge in [-0.2, -0.15) is 0 Å². The van der Waals surface area contributed by atoms with Gasteiger partial charge in [-0.1, -0.05) is 0 Å². The van der Waals surface area contributed by atoms with Crippen molar-refractivity contribution in [1.29, 1.82) is 0 Å². The molecule has 2 aliphatic rings. The summed E-state index contributed by atoms with van der Waals surface area (Å²) in [6.45, 7) is 2.16. The van der Waals surface area contributed by atoms with Crippen molar-refractivity contribution in [2.75, 3.05) is 19.8 Å². The quantitative estimate of drug-likeness (QED) is 0.860. The lowest BCUT2D eigenvalue weighted by Crippen LogP contribution is -2.45. The fourth-order valence-electron chi connectivity index (χ4n) is 3.59. The Morgan fingerprint density at radius 3 is 2.92 bits per heavy atom. The first-order chi connectivity index (χ1) is 12.7. The molecule has 0 bridgehead atoms. The Hall–Kier alpha value is -2.48. The van der Waals surface area contributed by atoms with Crippen molar-refractivity contribution in [3.05, 3.63) is 24.2 Å². The molecule has 2 fully saturated rings. The van der Waals surface area contributed by atoms with E-state index in [1.54, 1.807) is 18.6 Å². The molecule has 1 unspecified atom stereocenters. The number of rotatable bonds is 3. The average molecular weight is 357 g/mol. The van der Waals surface area contributed by atoms with Crippen LogP contribution in [-0.4, -0.2) is 52.1 Å². The second-order valence-corrected chi connectivity index (χ2v) is 6.87. The maximum Gasteiger partial charge on any atom is 0.253 e. The molecule has 2 aromatic rings. The minimum atomic E-state index is -0.486. The van der Waals surface area contributed by atoms with Crippen LogP contribution in [0.25, 0.3) is 11.2 Å². The number of aromatic nitrogens is 3. The van der Waals surface area contributed by atoms with E-state index in [-0.39, 0.29) is 11.8 Å². The maximum absolute atomic E-state index is 12.5. The second kappa shape index (κ2) is 7.41. The number of hydrogen-bond acceptors (Lipinski definition) is 5. The van der Waals surface area contributed by atoms with Crippen molar-refractivity contribution in [3.63, 3.8) is 0 Å². The van der Waals surface area contributed by atoms with Gasteiger partial charge in [0.1, 0.15) is 11.6 Å². The lowest BCUT2D eigenvalue weighted by Gasteiger charge is -2.23. The Labute approximate surface area is 151 Å². The van der Waals surface area contributed by atoms with E-state index < -0.39 is 6.04 Å². The number of amides is 2. The highest BCUT2D eigenvalue weighted by Gasteiger charge is 2.24. The molecule has 1 atom stereocenters. The van der Waals surface area contributed by atoms with Crippen molar-refractivity contribution in [2.45, 2.75) is 44.2 Å². The van der Waals surface area contributed by atoms with Crippen LogP contribution in [0.1, 0.15) is 48.5 Å². The Morgan fingerprint density at radius 2 is 2.08 bits per heavy atom. The first-order valence-corrected chi connectivity index (χ1v) is 9.21. The number of hydrogen-bond donors (Lipinski definition) is 2. The maximum atomic E-state index is 12.5. The molecule has 0 spiro atoms. The highest BCUT2D eigenvalue weighted by molar-refractivity contribution is 5.99. The van der Waals surface area contributed by atoms with Gasteiger partial charge in [-0.25, -0.2) is 9.97 Å². The highest BCUT2D eigenvalue weighted by atomic mass is 16.5. The summed E-state index contributed by atoms with van der Waals surface area (Å²) in [4.78, 5) is 33.4. The molecule has 138 valence electrons. The molecule has 4 heterocycles. The second-order valence-electron chi connectivity index (χ2n) is 6.87. The third-order valence-corrected chi connectivity index (χ3v) is 5.10. The van der Waals surface area contributed by atoms with Crippen LogP contribution >= 0.6 is 0 Å². The molecule has 2 N–H and O–H groups in total. The zero-order valence-electron chi connectivity index (χ0n) is 14.6. The molecule has 2 aromatic heterocycles. The first kappa shape index (κ1) is 17.0. The van der Waals surface area contributed by atoms with E-state index in [4.69, 9.17) is 4.74 Å². The fourth-order valence-corrected chi connectivity index (χ4v) is 3.59. The number of nitrogens with zero attached hydrogens (tertiary/aromatic N) is 3. The van der Waals surface area contributed by atoms with E-state index in [9.17, 15) is 9.59 Å². The molecule has 8 nitrogen and oxygen atoms in total. The molecule has 26 heavy (non-hydrogen) atoms. The minimum absolute atomic E-state index is 0.117. The average Bonchev–Trinajstić information content (AvgIpc) is 3.00. The number of ether oxygens (including phenoxy) is 1. The van der Waals surface area contributed by atoms with Gasteiger partial charge < -0.3 is 19.9 Å². The van der Waals surface area contributed by atoms with Gasteiger partial charge in [-0.05, 0) is 38.2 Å². The number of carbonyl (C=O) groups excluding carboxylic acids is 2. The van der Waals surface area contributed by atoms with Gasteiger partial charge in [0.2, 0.25) is 5.91 Å². The lowest BCUT2D eigenvalue weighted by atomic mass is 10.1. The van der Waals surface area contributed by atoms with Crippen LogP contribution in [-0.2, 0) is 9.53 Å². The topological polar surface area (TPSA) is 98.1 Å². The molecule has 0 radical (unpaired) electrons. The predicted octanol–water partition coefficient (Wildman–Crippen LogP) is 1.18. The van der Waals surface area contributed by atoms with Crippen molar-refractivity contribution in [3.8, 4) is 0 Å². The molecular formula is C18H23N5O3. The predicted molar refractivity (Wildman–Crippen MR) is 94.7 cm³/mol. The van der Waals surface area contributed by atoms with E-state index in [0.29, 0.717) is 30.1 Å². The van der Waals surface area contributed by atoms with Crippen molar-refractivity contribution in [2.24, 2.45) is 0 Å². The molecule has 4 rings (SSSR count). The van der Waals surface area contributed by atoms with E-state index in [0.717, 1.165) is 44.5 Å². The smallest absolute Gasteiger partial charge is 0.253 e. The van der Waals surface area contributed by atoms with E-state index in [1.165, 1.54) is 0 Å². The van der Waals surface area contributed by atoms with Crippen molar-refractivity contribution >= 4 is 23.0 Å². The summed E-state index contributed by atoms with van der Waals surface area (Å²) in [7, 11) is 0. The molecule has 0 aliphatic carbocycles. The lowest BCUT2D eigenvalue weighted by molar-refractivity contribution is -0.122. The van der Waals surface area contributed by atoms with Crippen LogP contribution in [0.3, 0.4) is 0 Å². The Kier molecular flexibility index (Phi) is 4.83. The standard InChI is InChI=1S/C18H23N5O3/c24-17(22-14-3-1-2-6-19-18(14)25)12-9-15-16(20-10-12)23(11-21-15)13-4-7-26-8-5-13/h9-11,13-14H,1-8H2,(H,19,25)(H,22,24). The Balaban J connectivity index is 1.51. The van der Waals surface area contributed by atoms with Crippen molar-refractivity contribution < 1.29 is 14.3 Å². The zero-order valence-corrected chi connectivity index (χ0v) is 14.6. The van der Waals surface area contributed by atoms with Crippen LogP contribution in [0.15, 0.2) is 18.6 Å². The van der Waals surface area contributed by atoms with Crippen molar-refractivity contribution in [1.82, 2.24) is 25.2 Å². The van der Waals surface area contributed by atoms with E-state index >= 15 is 0 Å². The molecule has 2 amide bonds. The normalized spacial score (nSPS) is 22.0. The summed E-state index contributed by atoms with van der Waals surface area (Å²) in [6.07, 6.45) is 7.73. The summed E-state index contributed by atoms with van der Waals surface area (Å²) in [5, 5.41) is 5.64. The number of nitrogens with one attached hydrogen (secondary N) is 2. The number of pyridine rings is 1. The van der Waals surface area contributed by atoms with Crippen LogP contribution in [0.2, 0.25) is 0 Å². The molecular weight excluding hydrogens is 334 g/mol. The van der Waals surface area contributed by atoms with Crippen LogP contribution in [0, 0.1) is 0 Å². The van der Waals surface area contributed by atoms with E-state index in [1.807, 2.05) is 0 Å². The summed E-state index contributed by atoms with van der Waals surface area (Å²) >= 11 is 0. The first-order valence-electron chi connectivity index (χ1n) is 9.21. The fraction of sp³-hybridized carbons (Fsp3) is 0.556. The third kappa shape index (κ3) is 3.41. The largest absolute Gasteiger partial charge is 0.381 e. The zero-order chi connectivity index (χ0) is 17.9. The van der Waals surface area contributed by atoms with Gasteiger partial charge in [-0.3, -0.25) is 9.59 Å². The Morgan fingerprint density at radius 1 is 1.23 bits per heavy atom. The molecule has 0 saturated carbocycles. The van der Waals surface area contributed by atoms with Gasteiger partial charge in [-0.15, -0.1) is 0 Å². The molecule has 2 saturated heterocycles. The monoisotopic (exact) mass is 357 g/mol. The number of imidazole rings is 1. The summed E-state index contributed by atoms with van der Waals surface area (Å²) < 4.78 is 7.48. The van der Waals surface area contributed by atoms with Crippen LogP contribution < -0.4 is 10.6 Å². The summed E-state index contributed by atoms with van der Waals surface area (Å²) in [5.41, 5.74) is 1.89. The SMILES string of the molecule is O=C(NC1CCCCNC1=O)c1cnc2c(c1)ncn2C1CCOCC1. The van der Waals surface area contributed by atoms with Gasteiger partial charge in [0, 0.05) is 32.0 Å². The number of fused-ring (bicyclic) bond motifs is 1. The van der Waals surface area contributed by atoms with Gasteiger partial charge in [0.15, 0.2) is 5.65 Å².